The van der Waals surface area contributed by atoms with Gasteiger partial charge in [-0.25, -0.2) is 9.78 Å². The summed E-state index contributed by atoms with van der Waals surface area (Å²) >= 11 is 1.31. The van der Waals surface area contributed by atoms with Gasteiger partial charge < -0.3 is 9.47 Å². The van der Waals surface area contributed by atoms with Crippen molar-refractivity contribution in [2.45, 2.75) is 44.8 Å². The Labute approximate surface area is 206 Å². The summed E-state index contributed by atoms with van der Waals surface area (Å²) in [6.07, 6.45) is 3.32. The van der Waals surface area contributed by atoms with E-state index in [9.17, 15) is 14.4 Å². The zero-order valence-electron chi connectivity index (χ0n) is 19.2. The molecule has 2 aromatic carbocycles. The molecule has 1 fully saturated rings. The van der Waals surface area contributed by atoms with Gasteiger partial charge in [-0.05, 0) is 49.9 Å². The van der Waals surface area contributed by atoms with E-state index in [2.05, 4.69) is 0 Å². The predicted octanol–water partition coefficient (Wildman–Crippen LogP) is 4.97. The molecule has 3 atom stereocenters. The fraction of sp³-hybridized carbons (Fsp3) is 0.333. The number of aromatic nitrogens is 1. The summed E-state index contributed by atoms with van der Waals surface area (Å²) in [7, 11) is 0. The third kappa shape index (κ3) is 3.55. The van der Waals surface area contributed by atoms with Crippen molar-refractivity contribution in [3.8, 4) is 0 Å². The van der Waals surface area contributed by atoms with Crippen LogP contribution in [-0.2, 0) is 19.1 Å². The van der Waals surface area contributed by atoms with Gasteiger partial charge in [-0.2, -0.15) is 0 Å². The second-order valence-electron chi connectivity index (χ2n) is 9.04. The van der Waals surface area contributed by atoms with Gasteiger partial charge in [0, 0.05) is 0 Å². The number of carbonyl (C=O) groups is 3. The van der Waals surface area contributed by atoms with E-state index < -0.39 is 12.0 Å². The number of thiazole rings is 1. The summed E-state index contributed by atoms with van der Waals surface area (Å²) in [5.41, 5.74) is 2.38. The molecule has 0 saturated heterocycles. The smallest absolute Gasteiger partial charge is 0.338 e. The molecule has 178 valence electrons. The van der Waals surface area contributed by atoms with Crippen molar-refractivity contribution in [2.24, 2.45) is 5.92 Å². The van der Waals surface area contributed by atoms with Crippen molar-refractivity contribution in [2.75, 3.05) is 11.5 Å². The average Bonchev–Trinajstić information content (AvgIpc) is 3.43. The Morgan fingerprint density at radius 3 is 2.74 bits per heavy atom. The third-order valence-electron chi connectivity index (χ3n) is 6.97. The highest BCUT2D eigenvalue weighted by atomic mass is 32.1. The van der Waals surface area contributed by atoms with Gasteiger partial charge in [0.25, 0.3) is 5.91 Å². The van der Waals surface area contributed by atoms with Gasteiger partial charge >= 0.3 is 5.97 Å². The molecule has 0 N–H and O–H groups in total. The monoisotopic (exact) mass is 488 g/mol. The Morgan fingerprint density at radius 1 is 1.14 bits per heavy atom. The number of nitrogens with zero attached hydrogens (tertiary/aromatic N) is 2. The van der Waals surface area contributed by atoms with Crippen LogP contribution in [-0.4, -0.2) is 35.4 Å². The van der Waals surface area contributed by atoms with E-state index in [0.29, 0.717) is 28.4 Å². The van der Waals surface area contributed by atoms with Crippen LogP contribution in [0.2, 0.25) is 0 Å². The van der Waals surface area contributed by atoms with Gasteiger partial charge in [-0.15, -0.1) is 0 Å². The van der Waals surface area contributed by atoms with Crippen molar-refractivity contribution < 1.29 is 23.9 Å². The maximum absolute atomic E-state index is 13.8. The number of hydrogen-bond donors (Lipinski definition) is 0. The second kappa shape index (κ2) is 8.61. The van der Waals surface area contributed by atoms with Crippen LogP contribution in [0, 0.1) is 5.92 Å². The van der Waals surface area contributed by atoms with Crippen LogP contribution in [0.1, 0.15) is 54.6 Å². The molecule has 35 heavy (non-hydrogen) atoms. The Hall–Kier alpha value is -3.52. The average molecular weight is 489 g/mol. The van der Waals surface area contributed by atoms with Crippen LogP contribution in [0.4, 0.5) is 5.13 Å². The molecule has 3 unspecified atom stereocenters. The van der Waals surface area contributed by atoms with Gasteiger partial charge in [0.2, 0.25) is 0 Å². The first-order chi connectivity index (χ1) is 17.1. The minimum Gasteiger partial charge on any atom is -0.483 e. The first-order valence-electron chi connectivity index (χ1n) is 12.0. The molecule has 1 amide bonds. The number of anilines is 1. The zero-order valence-corrected chi connectivity index (χ0v) is 20.0. The maximum Gasteiger partial charge on any atom is 0.338 e. The molecule has 3 heterocycles. The maximum atomic E-state index is 13.8. The summed E-state index contributed by atoms with van der Waals surface area (Å²) in [5, 5.41) is 0.466. The van der Waals surface area contributed by atoms with Crippen LogP contribution in [0.5, 0.6) is 0 Å². The quantitative estimate of drug-likeness (QED) is 0.482. The summed E-state index contributed by atoms with van der Waals surface area (Å²) < 4.78 is 12.1. The largest absolute Gasteiger partial charge is 0.483 e. The van der Waals surface area contributed by atoms with Gasteiger partial charge in [-0.1, -0.05) is 48.1 Å². The van der Waals surface area contributed by atoms with Crippen LogP contribution >= 0.6 is 11.3 Å². The van der Waals surface area contributed by atoms with Crippen molar-refractivity contribution >= 4 is 44.3 Å². The number of rotatable bonds is 4. The number of fused-ring (bicyclic) bond motifs is 2. The molecule has 1 saturated carbocycles. The van der Waals surface area contributed by atoms with Crippen LogP contribution in [0.15, 0.2) is 59.9 Å². The second-order valence-corrected chi connectivity index (χ2v) is 10.1. The van der Waals surface area contributed by atoms with Gasteiger partial charge in [0.1, 0.15) is 6.10 Å². The van der Waals surface area contributed by atoms with E-state index in [1.165, 1.54) is 11.3 Å². The topological polar surface area (TPSA) is 85.8 Å². The molecule has 3 aliphatic rings. The Kier molecular flexibility index (Phi) is 5.40. The highest BCUT2D eigenvalue weighted by molar-refractivity contribution is 7.22. The first-order valence-corrected chi connectivity index (χ1v) is 12.8. The lowest BCUT2D eigenvalue weighted by Gasteiger charge is -2.35. The number of carbonyl (C=O) groups excluding carboxylic acids is 3. The molecule has 7 nitrogen and oxygen atoms in total. The summed E-state index contributed by atoms with van der Waals surface area (Å²) in [6, 6.07) is 14.1. The Morgan fingerprint density at radius 2 is 1.94 bits per heavy atom. The Bertz CT molecular complexity index is 1380. The Balaban J connectivity index is 1.45. The highest BCUT2D eigenvalue weighted by Crippen LogP contribution is 2.49. The number of Topliss-reactive ketones (excluding diaryl/α,β-unsaturated/α-hetero) is 1. The standard InChI is InChI=1S/C27H24N2O5S/c1-2-33-26(32)16-12-13-18-20(14-16)35-27(28-18)29-22(15-8-4-3-5-9-15)21-23(30)17-10-6-7-11-19(17)34-24(21)25(29)31/h3-5,8-9,12-14,17,19,22H,2,6-7,10-11H2,1H3. The minimum absolute atomic E-state index is 0.0198. The number of esters is 1. The van der Waals surface area contributed by atoms with Crippen LogP contribution < -0.4 is 4.90 Å². The number of amides is 1. The summed E-state index contributed by atoms with van der Waals surface area (Å²) in [5.74, 6) is -0.757. The number of benzene rings is 2. The molecule has 1 aromatic heterocycles. The van der Waals surface area contributed by atoms with E-state index in [1.54, 1.807) is 30.0 Å². The fourth-order valence-electron chi connectivity index (χ4n) is 5.35. The predicted molar refractivity (Wildman–Crippen MR) is 131 cm³/mol. The number of ether oxygens (including phenoxy) is 2. The molecule has 0 spiro atoms. The minimum atomic E-state index is -0.598. The lowest BCUT2D eigenvalue weighted by Crippen LogP contribution is -2.39. The van der Waals surface area contributed by atoms with Crippen molar-refractivity contribution in [1.29, 1.82) is 0 Å². The fourth-order valence-corrected chi connectivity index (χ4v) is 6.38. The molecule has 6 rings (SSSR count). The lowest BCUT2D eigenvalue weighted by molar-refractivity contribution is -0.131. The molecule has 0 radical (unpaired) electrons. The van der Waals surface area contributed by atoms with E-state index in [1.807, 2.05) is 30.3 Å². The highest BCUT2D eigenvalue weighted by Gasteiger charge is 2.53. The van der Waals surface area contributed by atoms with Gasteiger partial charge in [0.15, 0.2) is 16.7 Å². The molecular formula is C27H24N2O5S. The van der Waals surface area contributed by atoms with E-state index in [-0.39, 0.29) is 29.5 Å². The zero-order chi connectivity index (χ0) is 24.1. The van der Waals surface area contributed by atoms with Crippen LogP contribution in [0.3, 0.4) is 0 Å². The lowest BCUT2D eigenvalue weighted by atomic mass is 9.77. The molecule has 8 heteroatoms. The van der Waals surface area contributed by atoms with Crippen molar-refractivity contribution in [3.05, 3.63) is 71.0 Å². The summed E-state index contributed by atoms with van der Waals surface area (Å²) in [4.78, 5) is 46.0. The molecule has 1 aliphatic carbocycles. The summed E-state index contributed by atoms with van der Waals surface area (Å²) in [6.45, 7) is 2.05. The molecule has 3 aromatic rings. The third-order valence-corrected chi connectivity index (χ3v) is 7.99. The molecule has 2 aliphatic heterocycles. The van der Waals surface area contributed by atoms with Gasteiger partial charge in [0.05, 0.1) is 39.9 Å². The molecular weight excluding hydrogens is 464 g/mol. The van der Waals surface area contributed by atoms with Crippen LogP contribution in [0.25, 0.3) is 10.2 Å². The van der Waals surface area contributed by atoms with E-state index >= 15 is 0 Å². The van der Waals surface area contributed by atoms with Gasteiger partial charge in [-0.3, -0.25) is 14.5 Å². The molecule has 0 bridgehead atoms. The van der Waals surface area contributed by atoms with E-state index in [0.717, 1.165) is 35.9 Å². The van der Waals surface area contributed by atoms with Crippen molar-refractivity contribution in [3.63, 3.8) is 0 Å². The first kappa shape index (κ1) is 22.0. The number of hydrogen-bond acceptors (Lipinski definition) is 7. The van der Waals surface area contributed by atoms with Crippen molar-refractivity contribution in [1.82, 2.24) is 4.98 Å². The number of ketones is 1. The van der Waals surface area contributed by atoms with E-state index in [4.69, 9.17) is 14.5 Å². The normalized spacial score (nSPS) is 23.8. The SMILES string of the molecule is CCOC(=O)c1ccc2nc(N3C(=O)C4=C(C(=O)C5CCCCC5O4)C3c3ccccc3)sc2c1.